The number of aryl methyl sites for hydroxylation is 1. The Kier molecular flexibility index (Phi) is 7.98. The molecular weight excluding hydrogens is 512 g/mol. The van der Waals surface area contributed by atoms with E-state index in [1.54, 1.807) is 36.4 Å². The van der Waals surface area contributed by atoms with Gasteiger partial charge in [-0.1, -0.05) is 41.4 Å². The average Bonchev–Trinajstić information content (AvgIpc) is 3.17. The number of nitrogens with one attached hydrogen (secondary N) is 1. The lowest BCUT2D eigenvalue weighted by molar-refractivity contribution is -0.112. The van der Waals surface area contributed by atoms with Crippen LogP contribution in [0.3, 0.4) is 0 Å². The number of rotatable bonds is 7. The van der Waals surface area contributed by atoms with Crippen molar-refractivity contribution in [2.24, 2.45) is 0 Å². The SMILES string of the molecule is Cc1cc(/C=C(/C#N)C(=O)Nc2cccc(Cl)c2Cl)c(C)n1-c1ccc(OCc2ccc(F)cc2)cc1. The van der Waals surface area contributed by atoms with Crippen LogP contribution in [0.5, 0.6) is 5.75 Å². The Balaban J connectivity index is 1.52. The van der Waals surface area contributed by atoms with Crippen molar-refractivity contribution in [3.05, 3.63) is 117 Å². The van der Waals surface area contributed by atoms with E-state index in [9.17, 15) is 14.4 Å². The smallest absolute Gasteiger partial charge is 0.266 e. The molecule has 0 unspecified atom stereocenters. The third-order valence-corrected chi connectivity index (χ3v) is 6.57. The van der Waals surface area contributed by atoms with Gasteiger partial charge < -0.3 is 14.6 Å². The van der Waals surface area contributed by atoms with Gasteiger partial charge in [0.1, 0.15) is 29.8 Å². The summed E-state index contributed by atoms with van der Waals surface area (Å²) < 4.78 is 20.9. The van der Waals surface area contributed by atoms with Gasteiger partial charge in [0.15, 0.2) is 0 Å². The molecule has 3 aromatic carbocycles. The van der Waals surface area contributed by atoms with Gasteiger partial charge in [-0.05, 0) is 85.6 Å². The van der Waals surface area contributed by atoms with Crippen molar-refractivity contribution >= 4 is 40.9 Å². The van der Waals surface area contributed by atoms with Crippen LogP contribution < -0.4 is 10.1 Å². The van der Waals surface area contributed by atoms with E-state index in [-0.39, 0.29) is 16.4 Å². The van der Waals surface area contributed by atoms with Crippen LogP contribution in [0, 0.1) is 31.0 Å². The first kappa shape index (κ1) is 26.0. The molecule has 186 valence electrons. The molecule has 0 fully saturated rings. The normalized spacial score (nSPS) is 11.2. The second kappa shape index (κ2) is 11.3. The Morgan fingerprint density at radius 2 is 1.78 bits per heavy atom. The third kappa shape index (κ3) is 6.03. The summed E-state index contributed by atoms with van der Waals surface area (Å²) in [5.74, 6) is -0.189. The van der Waals surface area contributed by atoms with E-state index in [4.69, 9.17) is 27.9 Å². The van der Waals surface area contributed by atoms with E-state index >= 15 is 0 Å². The maximum absolute atomic E-state index is 13.1. The maximum Gasteiger partial charge on any atom is 0.266 e. The molecule has 4 aromatic rings. The molecule has 0 atom stereocenters. The first-order valence-corrected chi connectivity index (χ1v) is 12.1. The minimum Gasteiger partial charge on any atom is -0.489 e. The van der Waals surface area contributed by atoms with Crippen molar-refractivity contribution in [2.45, 2.75) is 20.5 Å². The Morgan fingerprint density at radius 3 is 2.46 bits per heavy atom. The molecule has 0 aliphatic rings. The highest BCUT2D eigenvalue weighted by Gasteiger charge is 2.16. The number of aromatic nitrogens is 1. The molecular formula is C29H22Cl2FN3O2. The van der Waals surface area contributed by atoms with Crippen LogP contribution in [-0.2, 0) is 11.4 Å². The second-order valence-electron chi connectivity index (χ2n) is 8.30. The Bertz CT molecular complexity index is 1520. The largest absolute Gasteiger partial charge is 0.489 e. The van der Waals surface area contributed by atoms with Crippen molar-refractivity contribution in [3.8, 4) is 17.5 Å². The molecule has 0 aliphatic carbocycles. The second-order valence-corrected chi connectivity index (χ2v) is 9.08. The number of ether oxygens (including phenoxy) is 1. The van der Waals surface area contributed by atoms with Gasteiger partial charge in [0, 0.05) is 17.1 Å². The van der Waals surface area contributed by atoms with Crippen molar-refractivity contribution in [1.82, 2.24) is 4.57 Å². The fourth-order valence-corrected chi connectivity index (χ4v) is 4.21. The van der Waals surface area contributed by atoms with Crippen LogP contribution in [-0.4, -0.2) is 10.5 Å². The summed E-state index contributed by atoms with van der Waals surface area (Å²) in [7, 11) is 0. The number of benzene rings is 3. The van der Waals surface area contributed by atoms with E-state index in [1.807, 2.05) is 54.8 Å². The monoisotopic (exact) mass is 533 g/mol. The molecule has 4 rings (SSSR count). The predicted molar refractivity (Wildman–Crippen MR) is 145 cm³/mol. The van der Waals surface area contributed by atoms with Crippen LogP contribution in [0.1, 0.15) is 22.5 Å². The van der Waals surface area contributed by atoms with Crippen molar-refractivity contribution in [1.29, 1.82) is 5.26 Å². The number of amides is 1. The van der Waals surface area contributed by atoms with Crippen LogP contribution >= 0.6 is 23.2 Å². The predicted octanol–water partition coefficient (Wildman–Crippen LogP) is 7.66. The lowest BCUT2D eigenvalue weighted by Crippen LogP contribution is -2.13. The van der Waals surface area contributed by atoms with E-state index in [2.05, 4.69) is 5.32 Å². The van der Waals surface area contributed by atoms with Gasteiger partial charge in [-0.25, -0.2) is 4.39 Å². The van der Waals surface area contributed by atoms with Gasteiger partial charge in [0.25, 0.3) is 5.91 Å². The lowest BCUT2D eigenvalue weighted by Gasteiger charge is -2.12. The van der Waals surface area contributed by atoms with E-state index < -0.39 is 5.91 Å². The van der Waals surface area contributed by atoms with E-state index in [0.29, 0.717) is 23.1 Å². The first-order valence-electron chi connectivity index (χ1n) is 11.3. The van der Waals surface area contributed by atoms with E-state index in [0.717, 1.165) is 28.2 Å². The summed E-state index contributed by atoms with van der Waals surface area (Å²) in [4.78, 5) is 12.8. The van der Waals surface area contributed by atoms with Crippen LogP contribution in [0.4, 0.5) is 10.1 Å². The molecule has 1 aromatic heterocycles. The van der Waals surface area contributed by atoms with E-state index in [1.165, 1.54) is 12.1 Å². The molecule has 0 radical (unpaired) electrons. The summed E-state index contributed by atoms with van der Waals surface area (Å²) in [6, 6.07) is 22.5. The zero-order chi connectivity index (χ0) is 26.5. The van der Waals surface area contributed by atoms with Gasteiger partial charge >= 0.3 is 0 Å². The molecule has 0 saturated carbocycles. The average molecular weight is 534 g/mol. The molecule has 0 bridgehead atoms. The van der Waals surface area contributed by atoms with Crippen LogP contribution in [0.15, 0.2) is 78.4 Å². The number of halogens is 3. The highest BCUT2D eigenvalue weighted by atomic mass is 35.5. The summed E-state index contributed by atoms with van der Waals surface area (Å²) in [5.41, 5.74) is 4.55. The summed E-state index contributed by atoms with van der Waals surface area (Å²) in [6.07, 6.45) is 1.55. The van der Waals surface area contributed by atoms with Crippen LogP contribution in [0.25, 0.3) is 11.8 Å². The summed E-state index contributed by atoms with van der Waals surface area (Å²) in [5, 5.41) is 12.8. The Hall–Kier alpha value is -4.05. The van der Waals surface area contributed by atoms with Crippen molar-refractivity contribution < 1.29 is 13.9 Å². The number of hydrogen-bond acceptors (Lipinski definition) is 3. The topological polar surface area (TPSA) is 67.0 Å². The first-order chi connectivity index (χ1) is 17.8. The quantitative estimate of drug-likeness (QED) is 0.196. The van der Waals surface area contributed by atoms with Crippen molar-refractivity contribution in [2.75, 3.05) is 5.32 Å². The van der Waals surface area contributed by atoms with Gasteiger partial charge in [0.2, 0.25) is 0 Å². The highest BCUT2D eigenvalue weighted by Crippen LogP contribution is 2.30. The summed E-state index contributed by atoms with van der Waals surface area (Å²) in [6.45, 7) is 4.19. The molecule has 8 heteroatoms. The molecule has 1 amide bonds. The van der Waals surface area contributed by atoms with Gasteiger partial charge in [-0.2, -0.15) is 5.26 Å². The zero-order valence-corrected chi connectivity index (χ0v) is 21.6. The Morgan fingerprint density at radius 1 is 1.08 bits per heavy atom. The molecule has 0 saturated heterocycles. The molecule has 1 N–H and O–H groups in total. The molecule has 0 spiro atoms. The fourth-order valence-electron chi connectivity index (χ4n) is 3.86. The Labute approximate surface area is 224 Å². The van der Waals surface area contributed by atoms with Gasteiger partial charge in [-0.15, -0.1) is 0 Å². The fraction of sp³-hybridized carbons (Fsp3) is 0.103. The highest BCUT2D eigenvalue weighted by molar-refractivity contribution is 6.44. The van der Waals surface area contributed by atoms with Gasteiger partial charge in [0.05, 0.1) is 15.7 Å². The number of nitrogens with zero attached hydrogens (tertiary/aromatic N) is 2. The number of carbonyl (C=O) groups is 1. The molecule has 5 nitrogen and oxygen atoms in total. The van der Waals surface area contributed by atoms with Crippen LogP contribution in [0.2, 0.25) is 10.0 Å². The lowest BCUT2D eigenvalue weighted by atomic mass is 10.1. The number of anilines is 1. The number of carbonyl (C=O) groups excluding carboxylic acids is 1. The van der Waals surface area contributed by atoms with Crippen molar-refractivity contribution in [3.63, 3.8) is 0 Å². The molecule has 1 heterocycles. The third-order valence-electron chi connectivity index (χ3n) is 5.75. The molecule has 37 heavy (non-hydrogen) atoms. The zero-order valence-electron chi connectivity index (χ0n) is 20.1. The maximum atomic E-state index is 13.1. The van der Waals surface area contributed by atoms with Gasteiger partial charge in [-0.3, -0.25) is 4.79 Å². The number of hydrogen-bond donors (Lipinski definition) is 1. The minimum atomic E-state index is -0.584. The minimum absolute atomic E-state index is 0.0687. The number of nitriles is 1. The standard InChI is InChI=1S/C29H22Cl2FN3O2/c1-18-14-21(15-22(16-33)29(36)34-27-5-3-4-26(30)28(27)31)19(2)35(18)24-10-12-25(13-11-24)37-17-20-6-8-23(32)9-7-20/h3-15H,17H2,1-2H3,(H,34,36)/b22-15-. The molecule has 0 aliphatic heterocycles. The summed E-state index contributed by atoms with van der Waals surface area (Å²) >= 11 is 12.2.